The van der Waals surface area contributed by atoms with Crippen LogP contribution in [0, 0.1) is 0 Å². The Kier molecular flexibility index (Phi) is 10.5. The molecule has 0 saturated heterocycles. The second-order valence-electron chi connectivity index (χ2n) is 10.6. The summed E-state index contributed by atoms with van der Waals surface area (Å²) >= 11 is 2.98. The van der Waals surface area contributed by atoms with Crippen LogP contribution in [0.25, 0.3) is 0 Å². The van der Waals surface area contributed by atoms with Gasteiger partial charge in [0, 0.05) is 65.9 Å². The van der Waals surface area contributed by atoms with Crippen LogP contribution in [0.1, 0.15) is 48.5 Å². The van der Waals surface area contributed by atoms with Crippen LogP contribution in [-0.4, -0.2) is 70.4 Å². The molecule has 0 atom stereocenters. The third-order valence-electron chi connectivity index (χ3n) is 6.85. The first-order chi connectivity index (χ1) is 22.7. The number of nitrogens with one attached hydrogen (secondary N) is 5. The number of aryl methyl sites for hydroxylation is 4. The van der Waals surface area contributed by atoms with Gasteiger partial charge in [0.2, 0.25) is 5.82 Å². The van der Waals surface area contributed by atoms with E-state index in [4.69, 9.17) is 10.9 Å². The predicted molar refractivity (Wildman–Crippen MR) is 180 cm³/mol. The average molecular weight is 726 g/mol. The number of nitrogens with zero attached hydrogens (tertiary/aromatic N) is 6. The maximum atomic E-state index is 13.1. The van der Waals surface area contributed by atoms with Gasteiger partial charge in [0.05, 0.1) is 21.5 Å². The molecular formula is C29H33BrN12O6. The van der Waals surface area contributed by atoms with Crippen molar-refractivity contribution in [1.29, 1.82) is 0 Å². The van der Waals surface area contributed by atoms with Crippen LogP contribution in [0.2, 0.25) is 0 Å². The molecular weight excluding hydrogens is 692 g/mol. The van der Waals surface area contributed by atoms with Crippen molar-refractivity contribution >= 4 is 74.2 Å². The molecule has 0 aliphatic carbocycles. The summed E-state index contributed by atoms with van der Waals surface area (Å²) in [6.45, 7) is 3.64. The van der Waals surface area contributed by atoms with Crippen molar-refractivity contribution < 1.29 is 29.2 Å². The van der Waals surface area contributed by atoms with E-state index in [2.05, 4.69) is 59.2 Å². The Balaban J connectivity index is 1.38. The number of amides is 5. The molecule has 0 saturated carbocycles. The van der Waals surface area contributed by atoms with Gasteiger partial charge in [-0.15, -0.1) is 0 Å². The molecule has 19 heteroatoms. The molecule has 0 fully saturated rings. The number of halogens is 1. The number of aromatic nitrogens is 5. The molecule has 5 amide bonds. The molecule has 0 aliphatic rings. The lowest BCUT2D eigenvalue weighted by Gasteiger charge is -2.04. The number of hydrogen-bond donors (Lipinski definition) is 7. The van der Waals surface area contributed by atoms with Crippen molar-refractivity contribution in [2.75, 3.05) is 27.8 Å². The molecule has 252 valence electrons. The summed E-state index contributed by atoms with van der Waals surface area (Å²) in [5.41, 5.74) is 7.16. The van der Waals surface area contributed by atoms with Gasteiger partial charge in [-0.3, -0.25) is 24.0 Å². The van der Waals surface area contributed by atoms with Crippen molar-refractivity contribution in [3.8, 4) is 0 Å². The van der Waals surface area contributed by atoms with Crippen molar-refractivity contribution in [3.63, 3.8) is 0 Å². The highest BCUT2D eigenvalue weighted by molar-refractivity contribution is 9.12. The first kappa shape index (κ1) is 34.8. The van der Waals surface area contributed by atoms with Gasteiger partial charge in [-0.1, -0.05) is 11.7 Å². The molecule has 4 aromatic heterocycles. The summed E-state index contributed by atoms with van der Waals surface area (Å²) in [6, 6.07) is 4.47. The van der Waals surface area contributed by atoms with E-state index in [1.165, 1.54) is 42.7 Å². The molecule has 0 aromatic carbocycles. The standard InChI is InChI=1S/C29H33BrN12O6/c1-15(30)25(43)37-23-14-42(5)24(36-23)29(47)35-18-10-21(41(4)13-18)28(46)34-17-9-20(40(3)12-17)27(45)33-16-8-19(39(2)11-16)26(44)32-7-6-22(31)38-48/h8-14,48H,1,6-7H2,2-5H3,(H2,31,38)(H,32,44)(H,33,45)(H,34,46)(H,35,47)(H,37,43). The van der Waals surface area contributed by atoms with Crippen molar-refractivity contribution in [2.45, 2.75) is 6.42 Å². The summed E-state index contributed by atoms with van der Waals surface area (Å²) in [4.78, 5) is 67.6. The van der Waals surface area contributed by atoms with E-state index in [9.17, 15) is 24.0 Å². The van der Waals surface area contributed by atoms with Crippen molar-refractivity contribution in [3.05, 3.63) is 77.0 Å². The molecule has 0 bridgehead atoms. The van der Waals surface area contributed by atoms with Crippen molar-refractivity contribution in [1.82, 2.24) is 28.6 Å². The summed E-state index contributed by atoms with van der Waals surface area (Å²) in [6.07, 6.45) is 6.31. The summed E-state index contributed by atoms with van der Waals surface area (Å²) in [7, 11) is 6.50. The second-order valence-corrected chi connectivity index (χ2v) is 11.5. The third kappa shape index (κ3) is 8.18. The van der Waals surface area contributed by atoms with E-state index in [1.807, 2.05) is 0 Å². The molecule has 0 aliphatic heterocycles. The number of carbonyl (C=O) groups excluding carboxylic acids is 5. The van der Waals surface area contributed by atoms with E-state index < -0.39 is 29.5 Å². The summed E-state index contributed by atoms with van der Waals surface area (Å²) in [5, 5.41) is 24.8. The van der Waals surface area contributed by atoms with E-state index in [0.29, 0.717) is 17.1 Å². The molecule has 4 aromatic rings. The highest BCUT2D eigenvalue weighted by atomic mass is 79.9. The van der Waals surface area contributed by atoms with Crippen LogP contribution in [-0.2, 0) is 33.0 Å². The number of carbonyl (C=O) groups is 5. The molecule has 0 radical (unpaired) electrons. The van der Waals surface area contributed by atoms with Crippen LogP contribution in [0.3, 0.4) is 0 Å². The zero-order valence-electron chi connectivity index (χ0n) is 26.3. The molecule has 4 heterocycles. The Hall–Kier alpha value is -6.11. The van der Waals surface area contributed by atoms with Crippen LogP contribution < -0.4 is 32.3 Å². The smallest absolute Gasteiger partial charge is 0.291 e. The summed E-state index contributed by atoms with van der Waals surface area (Å²) in [5.74, 6) is -2.33. The Morgan fingerprint density at radius 1 is 0.771 bits per heavy atom. The van der Waals surface area contributed by atoms with Gasteiger partial charge < -0.3 is 55.8 Å². The largest absolute Gasteiger partial charge is 0.409 e. The minimum atomic E-state index is -0.573. The Bertz CT molecular complexity index is 1960. The minimum absolute atomic E-state index is 0.0145. The van der Waals surface area contributed by atoms with Crippen LogP contribution in [0.4, 0.5) is 22.9 Å². The van der Waals surface area contributed by atoms with E-state index in [-0.39, 0.29) is 52.0 Å². The molecule has 8 N–H and O–H groups in total. The first-order valence-electron chi connectivity index (χ1n) is 14.0. The highest BCUT2D eigenvalue weighted by Crippen LogP contribution is 2.20. The van der Waals surface area contributed by atoms with Gasteiger partial charge in [0.25, 0.3) is 29.5 Å². The van der Waals surface area contributed by atoms with Crippen molar-refractivity contribution in [2.24, 2.45) is 39.1 Å². The zero-order valence-corrected chi connectivity index (χ0v) is 27.9. The predicted octanol–water partition coefficient (Wildman–Crippen LogP) is 1.91. The maximum Gasteiger partial charge on any atom is 0.291 e. The highest BCUT2D eigenvalue weighted by Gasteiger charge is 2.21. The topological polar surface area (TPSA) is 237 Å². The third-order valence-corrected chi connectivity index (χ3v) is 7.21. The van der Waals surface area contributed by atoms with Crippen LogP contribution in [0.15, 0.2) is 59.2 Å². The fourth-order valence-electron chi connectivity index (χ4n) is 4.52. The van der Waals surface area contributed by atoms with Crippen LogP contribution in [0.5, 0.6) is 0 Å². The first-order valence-corrected chi connectivity index (χ1v) is 14.8. The SMILES string of the molecule is C=C(Br)C(=O)Nc1cn(C)c(C(=O)Nc2cc(C(=O)Nc3cc(C(=O)Nc4cc(C(=O)NCCC(N)=NO)n(C)c4)n(C)c3)n(C)c2)n1. The van der Waals surface area contributed by atoms with E-state index in [1.54, 1.807) is 46.8 Å². The number of amidine groups is 1. The van der Waals surface area contributed by atoms with Crippen LogP contribution >= 0.6 is 15.9 Å². The minimum Gasteiger partial charge on any atom is -0.409 e. The van der Waals surface area contributed by atoms with Gasteiger partial charge in [-0.2, -0.15) is 0 Å². The summed E-state index contributed by atoms with van der Waals surface area (Å²) < 4.78 is 6.13. The van der Waals surface area contributed by atoms with E-state index >= 15 is 0 Å². The van der Waals surface area contributed by atoms with Gasteiger partial charge >= 0.3 is 0 Å². The van der Waals surface area contributed by atoms with Gasteiger partial charge in [0.1, 0.15) is 22.9 Å². The fourth-order valence-corrected chi connectivity index (χ4v) is 4.62. The molecule has 4 rings (SSSR count). The lowest BCUT2D eigenvalue weighted by molar-refractivity contribution is -0.112. The fraction of sp³-hybridized carbons (Fsp3) is 0.207. The average Bonchev–Trinajstić information content (AvgIpc) is 3.78. The Labute approximate surface area is 281 Å². The lowest BCUT2D eigenvalue weighted by Crippen LogP contribution is -2.29. The molecule has 0 unspecified atom stereocenters. The maximum absolute atomic E-state index is 13.1. The molecule has 48 heavy (non-hydrogen) atoms. The number of hydrogen-bond acceptors (Lipinski definition) is 8. The number of imidazole rings is 1. The zero-order chi connectivity index (χ0) is 35.3. The second kappa shape index (κ2) is 14.5. The Morgan fingerprint density at radius 2 is 1.23 bits per heavy atom. The molecule has 18 nitrogen and oxygen atoms in total. The Morgan fingerprint density at radius 3 is 1.69 bits per heavy atom. The number of oxime groups is 1. The lowest BCUT2D eigenvalue weighted by atomic mass is 10.3. The normalized spacial score (nSPS) is 11.1. The number of rotatable bonds is 12. The quantitative estimate of drug-likeness (QED) is 0.0374. The van der Waals surface area contributed by atoms with Gasteiger partial charge in [-0.25, -0.2) is 4.98 Å². The van der Waals surface area contributed by atoms with Gasteiger partial charge in [-0.05, 0) is 34.1 Å². The van der Waals surface area contributed by atoms with Gasteiger partial charge in [0.15, 0.2) is 5.82 Å². The number of nitrogens with two attached hydrogens (primary N) is 1. The number of anilines is 4. The van der Waals surface area contributed by atoms with E-state index in [0.717, 1.165) is 0 Å². The monoisotopic (exact) mass is 724 g/mol. The molecule has 0 spiro atoms.